The van der Waals surface area contributed by atoms with E-state index in [1.54, 1.807) is 0 Å². The molecular weight excluding hydrogens is 222 g/mol. The summed E-state index contributed by atoms with van der Waals surface area (Å²) in [6.07, 6.45) is -0.359. The second-order valence-electron chi connectivity index (χ2n) is 6.66. The van der Waals surface area contributed by atoms with Gasteiger partial charge in [-0.05, 0) is 22.3 Å². The Morgan fingerprint density at radius 1 is 1.11 bits per heavy atom. The van der Waals surface area contributed by atoms with Crippen molar-refractivity contribution in [2.75, 3.05) is 6.54 Å². The molecule has 0 radical (unpaired) electrons. The quantitative estimate of drug-likeness (QED) is 0.859. The summed E-state index contributed by atoms with van der Waals surface area (Å²) < 4.78 is 0. The molecule has 0 bridgehead atoms. The molecule has 0 aliphatic heterocycles. The third-order valence-electron chi connectivity index (χ3n) is 5.37. The van der Waals surface area contributed by atoms with Crippen LogP contribution in [0.5, 0.6) is 0 Å². The molecule has 1 fully saturated rings. The van der Waals surface area contributed by atoms with E-state index < -0.39 is 0 Å². The van der Waals surface area contributed by atoms with Gasteiger partial charge in [0.25, 0.3) is 0 Å². The van der Waals surface area contributed by atoms with Gasteiger partial charge < -0.3 is 10.8 Å². The van der Waals surface area contributed by atoms with E-state index in [0.29, 0.717) is 12.5 Å². The Bertz CT molecular complexity index is 396. The van der Waals surface area contributed by atoms with E-state index in [1.165, 1.54) is 0 Å². The molecule has 2 rings (SSSR count). The van der Waals surface area contributed by atoms with Crippen LogP contribution in [0.3, 0.4) is 0 Å². The van der Waals surface area contributed by atoms with E-state index in [1.807, 2.05) is 18.2 Å². The van der Waals surface area contributed by atoms with Crippen LogP contribution in [-0.4, -0.2) is 17.8 Å². The molecule has 1 aromatic rings. The summed E-state index contributed by atoms with van der Waals surface area (Å²) in [6.45, 7) is 9.44. The van der Waals surface area contributed by atoms with Gasteiger partial charge in [-0.3, -0.25) is 0 Å². The first-order valence-corrected chi connectivity index (χ1v) is 6.77. The van der Waals surface area contributed by atoms with Gasteiger partial charge in [-0.2, -0.15) is 0 Å². The van der Waals surface area contributed by atoms with Gasteiger partial charge in [-0.15, -0.1) is 0 Å². The van der Waals surface area contributed by atoms with Crippen LogP contribution in [0.25, 0.3) is 0 Å². The average molecular weight is 247 g/mol. The smallest absolute Gasteiger partial charge is 0.0659 e. The lowest BCUT2D eigenvalue weighted by atomic mass is 9.88. The van der Waals surface area contributed by atoms with E-state index >= 15 is 0 Å². The van der Waals surface area contributed by atoms with Crippen molar-refractivity contribution in [3.05, 3.63) is 35.9 Å². The molecule has 2 unspecified atom stereocenters. The third kappa shape index (κ3) is 1.88. The van der Waals surface area contributed by atoms with Crippen LogP contribution in [-0.2, 0) is 0 Å². The number of benzene rings is 1. The third-order valence-corrected chi connectivity index (χ3v) is 5.37. The fraction of sp³-hybridized carbons (Fsp3) is 0.625. The molecule has 2 heteroatoms. The minimum atomic E-state index is -0.359. The summed E-state index contributed by atoms with van der Waals surface area (Å²) in [4.78, 5) is 0. The maximum Gasteiger partial charge on any atom is 0.0659 e. The van der Waals surface area contributed by atoms with Gasteiger partial charge in [-0.1, -0.05) is 58.0 Å². The lowest BCUT2D eigenvalue weighted by molar-refractivity contribution is 0.102. The molecular formula is C16H25NO. The Morgan fingerprint density at radius 3 is 2.00 bits per heavy atom. The normalized spacial score (nSPS) is 24.6. The molecule has 1 aliphatic carbocycles. The Labute approximate surface area is 110 Å². The van der Waals surface area contributed by atoms with E-state index in [0.717, 1.165) is 5.56 Å². The zero-order valence-electron chi connectivity index (χ0n) is 11.9. The lowest BCUT2D eigenvalue weighted by Gasteiger charge is -2.23. The second-order valence-corrected chi connectivity index (χ2v) is 6.66. The molecule has 0 heterocycles. The summed E-state index contributed by atoms with van der Waals surface area (Å²) in [6, 6.07) is 10.1. The fourth-order valence-electron chi connectivity index (χ4n) is 3.51. The van der Waals surface area contributed by atoms with E-state index in [4.69, 9.17) is 5.73 Å². The molecule has 1 aromatic carbocycles. The highest BCUT2D eigenvalue weighted by molar-refractivity contribution is 5.25. The number of nitrogens with two attached hydrogens (primary N) is 1. The van der Waals surface area contributed by atoms with Crippen LogP contribution in [0.2, 0.25) is 0 Å². The van der Waals surface area contributed by atoms with Crippen molar-refractivity contribution >= 4 is 0 Å². The van der Waals surface area contributed by atoms with Gasteiger partial charge in [0.1, 0.15) is 0 Å². The van der Waals surface area contributed by atoms with Crippen molar-refractivity contribution in [2.24, 2.45) is 22.5 Å². The highest BCUT2D eigenvalue weighted by Gasteiger charge is 2.67. The minimum absolute atomic E-state index is 0.0391. The van der Waals surface area contributed by atoms with Crippen LogP contribution >= 0.6 is 0 Å². The molecule has 0 spiro atoms. The SMILES string of the molecule is CC1(C)C(C(O)C(CN)c2ccccc2)C1(C)C. The molecule has 18 heavy (non-hydrogen) atoms. The first-order chi connectivity index (χ1) is 8.34. The summed E-state index contributed by atoms with van der Waals surface area (Å²) in [5.74, 6) is 0.357. The second kappa shape index (κ2) is 4.36. The van der Waals surface area contributed by atoms with Crippen LogP contribution < -0.4 is 5.73 Å². The maximum atomic E-state index is 10.7. The number of hydrogen-bond donors (Lipinski definition) is 2. The number of aliphatic hydroxyl groups excluding tert-OH is 1. The molecule has 1 aliphatic rings. The summed E-state index contributed by atoms with van der Waals surface area (Å²) >= 11 is 0. The van der Waals surface area contributed by atoms with Crippen molar-refractivity contribution in [2.45, 2.75) is 39.7 Å². The van der Waals surface area contributed by atoms with E-state index in [2.05, 4.69) is 39.8 Å². The molecule has 2 nitrogen and oxygen atoms in total. The van der Waals surface area contributed by atoms with Crippen LogP contribution in [0.4, 0.5) is 0 Å². The maximum absolute atomic E-state index is 10.7. The van der Waals surface area contributed by atoms with Crippen LogP contribution in [0.1, 0.15) is 39.2 Å². The van der Waals surface area contributed by atoms with E-state index in [9.17, 15) is 5.11 Å². The number of aliphatic hydroxyl groups is 1. The average Bonchev–Trinajstić information content (AvgIpc) is 2.71. The number of rotatable bonds is 4. The van der Waals surface area contributed by atoms with Gasteiger partial charge in [0, 0.05) is 12.5 Å². The molecule has 1 saturated carbocycles. The fourth-order valence-corrected chi connectivity index (χ4v) is 3.51. The summed E-state index contributed by atoms with van der Waals surface area (Å²) in [5, 5.41) is 10.7. The predicted octanol–water partition coefficient (Wildman–Crippen LogP) is 2.77. The van der Waals surface area contributed by atoms with Crippen molar-refractivity contribution in [3.8, 4) is 0 Å². The standard InChI is InChI=1S/C16H25NO/c1-15(2)14(16(15,3)4)13(18)12(10-17)11-8-6-5-7-9-11/h5-9,12-14,18H,10,17H2,1-4H3. The van der Waals surface area contributed by atoms with Gasteiger partial charge in [0.15, 0.2) is 0 Å². The minimum Gasteiger partial charge on any atom is -0.392 e. The molecule has 100 valence electrons. The molecule has 3 N–H and O–H groups in total. The van der Waals surface area contributed by atoms with E-state index in [-0.39, 0.29) is 22.9 Å². The van der Waals surface area contributed by atoms with Crippen molar-refractivity contribution < 1.29 is 5.11 Å². The molecule has 0 amide bonds. The largest absolute Gasteiger partial charge is 0.392 e. The van der Waals surface area contributed by atoms with Crippen LogP contribution in [0.15, 0.2) is 30.3 Å². The predicted molar refractivity (Wildman–Crippen MR) is 75.3 cm³/mol. The Kier molecular flexibility index (Phi) is 3.28. The first kappa shape index (κ1) is 13.6. The van der Waals surface area contributed by atoms with Gasteiger partial charge in [0.05, 0.1) is 6.10 Å². The monoisotopic (exact) mass is 247 g/mol. The molecule has 0 aromatic heterocycles. The highest BCUT2D eigenvalue weighted by Crippen LogP contribution is 2.70. The Balaban J connectivity index is 2.21. The molecule has 0 saturated heterocycles. The van der Waals surface area contributed by atoms with Gasteiger partial charge in [-0.25, -0.2) is 0 Å². The van der Waals surface area contributed by atoms with Crippen molar-refractivity contribution in [3.63, 3.8) is 0 Å². The summed E-state index contributed by atoms with van der Waals surface area (Å²) in [5.41, 5.74) is 7.41. The van der Waals surface area contributed by atoms with Crippen molar-refractivity contribution in [1.29, 1.82) is 0 Å². The van der Waals surface area contributed by atoms with Crippen molar-refractivity contribution in [1.82, 2.24) is 0 Å². The van der Waals surface area contributed by atoms with Gasteiger partial charge in [0.2, 0.25) is 0 Å². The highest BCUT2D eigenvalue weighted by atomic mass is 16.3. The molecule has 2 atom stereocenters. The summed E-state index contributed by atoms with van der Waals surface area (Å²) in [7, 11) is 0. The zero-order chi connectivity index (χ0) is 13.6. The topological polar surface area (TPSA) is 46.2 Å². The van der Waals surface area contributed by atoms with Gasteiger partial charge >= 0.3 is 0 Å². The first-order valence-electron chi connectivity index (χ1n) is 6.77. The van der Waals surface area contributed by atoms with Crippen LogP contribution in [0, 0.1) is 16.7 Å². The Hall–Kier alpha value is -0.860. The lowest BCUT2D eigenvalue weighted by Crippen LogP contribution is -2.29. The zero-order valence-corrected chi connectivity index (χ0v) is 11.9. The number of hydrogen-bond acceptors (Lipinski definition) is 2. The Morgan fingerprint density at radius 2 is 1.61 bits per heavy atom.